The molecular weight excluding hydrogens is 220 g/mol. The van der Waals surface area contributed by atoms with Gasteiger partial charge in [0.2, 0.25) is 0 Å². The molecule has 0 bridgehead atoms. The summed E-state index contributed by atoms with van der Waals surface area (Å²) in [6.07, 6.45) is 2.21. The molecule has 0 spiro atoms. The smallest absolute Gasteiger partial charge is 0.160 e. The standard InChI is InChI=1S/C12H18N2OS/c1-13-4-3-10(6-13)7-14(2)11-5-12(8-15)16-9-11/h5,8-10H,3-4,6-7H2,1-2H3. The van der Waals surface area contributed by atoms with Gasteiger partial charge in [-0.1, -0.05) is 0 Å². The van der Waals surface area contributed by atoms with Crippen molar-refractivity contribution in [2.45, 2.75) is 6.42 Å². The Morgan fingerprint density at radius 1 is 1.69 bits per heavy atom. The zero-order valence-corrected chi connectivity index (χ0v) is 10.7. The predicted octanol–water partition coefficient (Wildman–Crippen LogP) is 1.95. The van der Waals surface area contributed by atoms with Crippen molar-refractivity contribution >= 4 is 23.3 Å². The van der Waals surface area contributed by atoms with Gasteiger partial charge in [-0.05, 0) is 32.0 Å². The molecule has 88 valence electrons. The Labute approximate surface area is 101 Å². The molecule has 1 aromatic heterocycles. The molecule has 1 aromatic rings. The van der Waals surface area contributed by atoms with Crippen LogP contribution in [0.4, 0.5) is 5.69 Å². The van der Waals surface area contributed by atoms with E-state index in [1.807, 2.05) is 6.07 Å². The van der Waals surface area contributed by atoms with Crippen LogP contribution in [0.2, 0.25) is 0 Å². The molecule has 3 nitrogen and oxygen atoms in total. The lowest BCUT2D eigenvalue weighted by molar-refractivity contribution is 0.112. The second-order valence-electron chi connectivity index (χ2n) is 4.62. The Bertz CT molecular complexity index is 364. The minimum absolute atomic E-state index is 0.759. The highest BCUT2D eigenvalue weighted by molar-refractivity contribution is 7.12. The molecule has 0 aliphatic carbocycles. The van der Waals surface area contributed by atoms with Gasteiger partial charge in [-0.25, -0.2) is 0 Å². The first-order valence-electron chi connectivity index (χ1n) is 5.62. The minimum Gasteiger partial charge on any atom is -0.374 e. The fourth-order valence-electron chi connectivity index (χ4n) is 2.27. The second kappa shape index (κ2) is 4.97. The molecule has 1 saturated heterocycles. The van der Waals surface area contributed by atoms with Crippen LogP contribution >= 0.6 is 11.3 Å². The summed E-state index contributed by atoms with van der Waals surface area (Å²) in [5.41, 5.74) is 1.17. The van der Waals surface area contributed by atoms with Crippen molar-refractivity contribution in [2.24, 2.45) is 5.92 Å². The van der Waals surface area contributed by atoms with E-state index in [4.69, 9.17) is 0 Å². The summed E-state index contributed by atoms with van der Waals surface area (Å²) in [5.74, 6) is 0.759. The third kappa shape index (κ3) is 2.62. The molecule has 0 radical (unpaired) electrons. The Morgan fingerprint density at radius 2 is 2.50 bits per heavy atom. The predicted molar refractivity (Wildman–Crippen MR) is 68.6 cm³/mol. The molecular formula is C12H18N2OS. The zero-order chi connectivity index (χ0) is 11.5. The van der Waals surface area contributed by atoms with Crippen LogP contribution in [0.5, 0.6) is 0 Å². The first kappa shape index (κ1) is 11.6. The Morgan fingerprint density at radius 3 is 3.06 bits per heavy atom. The number of hydrogen-bond donors (Lipinski definition) is 0. The monoisotopic (exact) mass is 238 g/mol. The van der Waals surface area contributed by atoms with E-state index in [0.29, 0.717) is 0 Å². The van der Waals surface area contributed by atoms with Crippen LogP contribution in [0.25, 0.3) is 0 Å². The number of hydrogen-bond acceptors (Lipinski definition) is 4. The number of nitrogens with zero attached hydrogens (tertiary/aromatic N) is 2. The van der Waals surface area contributed by atoms with Crippen molar-refractivity contribution in [2.75, 3.05) is 38.6 Å². The van der Waals surface area contributed by atoms with Gasteiger partial charge in [-0.3, -0.25) is 4.79 Å². The van der Waals surface area contributed by atoms with E-state index in [1.54, 1.807) is 0 Å². The lowest BCUT2D eigenvalue weighted by Crippen LogP contribution is -2.26. The molecule has 1 aliphatic rings. The maximum atomic E-state index is 10.6. The summed E-state index contributed by atoms with van der Waals surface area (Å²) >= 11 is 1.52. The number of aldehydes is 1. The fourth-order valence-corrected chi connectivity index (χ4v) is 3.02. The van der Waals surface area contributed by atoms with Gasteiger partial charge in [0, 0.05) is 31.2 Å². The van der Waals surface area contributed by atoms with Gasteiger partial charge in [-0.2, -0.15) is 0 Å². The van der Waals surface area contributed by atoms with Crippen LogP contribution in [0.3, 0.4) is 0 Å². The first-order chi connectivity index (χ1) is 7.69. The maximum absolute atomic E-state index is 10.6. The van der Waals surface area contributed by atoms with E-state index in [2.05, 4.69) is 29.3 Å². The van der Waals surface area contributed by atoms with Crippen molar-refractivity contribution in [3.8, 4) is 0 Å². The van der Waals surface area contributed by atoms with E-state index in [9.17, 15) is 4.79 Å². The number of thiophene rings is 1. The fraction of sp³-hybridized carbons (Fsp3) is 0.583. The third-order valence-electron chi connectivity index (χ3n) is 3.18. The minimum atomic E-state index is 0.759. The average Bonchev–Trinajstić information content (AvgIpc) is 2.87. The molecule has 1 unspecified atom stereocenters. The molecule has 1 fully saturated rings. The van der Waals surface area contributed by atoms with Crippen molar-refractivity contribution in [3.63, 3.8) is 0 Å². The zero-order valence-electron chi connectivity index (χ0n) is 9.85. The molecule has 0 N–H and O–H groups in total. The first-order valence-corrected chi connectivity index (χ1v) is 6.50. The van der Waals surface area contributed by atoms with Crippen molar-refractivity contribution in [1.29, 1.82) is 0 Å². The summed E-state index contributed by atoms with van der Waals surface area (Å²) in [5, 5.41) is 2.06. The summed E-state index contributed by atoms with van der Waals surface area (Å²) in [7, 11) is 4.28. The topological polar surface area (TPSA) is 23.6 Å². The highest BCUT2D eigenvalue weighted by Crippen LogP contribution is 2.23. The van der Waals surface area contributed by atoms with Crippen LogP contribution in [-0.2, 0) is 0 Å². The van der Waals surface area contributed by atoms with Crippen molar-refractivity contribution in [3.05, 3.63) is 16.3 Å². The van der Waals surface area contributed by atoms with E-state index < -0.39 is 0 Å². The normalized spacial score (nSPS) is 21.2. The lowest BCUT2D eigenvalue weighted by atomic mass is 10.1. The molecule has 1 atom stereocenters. The Kier molecular flexibility index (Phi) is 3.61. The van der Waals surface area contributed by atoms with Crippen molar-refractivity contribution < 1.29 is 4.79 Å². The van der Waals surface area contributed by atoms with Crippen LogP contribution in [0, 0.1) is 5.92 Å². The van der Waals surface area contributed by atoms with Gasteiger partial charge in [0.25, 0.3) is 0 Å². The number of carbonyl (C=O) groups excluding carboxylic acids is 1. The Balaban J connectivity index is 1.92. The van der Waals surface area contributed by atoms with Crippen LogP contribution in [-0.4, -0.2) is 44.9 Å². The molecule has 0 aromatic carbocycles. The summed E-state index contributed by atoms with van der Waals surface area (Å²) in [4.78, 5) is 16.1. The van der Waals surface area contributed by atoms with E-state index in [0.717, 1.165) is 23.6 Å². The molecule has 16 heavy (non-hydrogen) atoms. The Hall–Kier alpha value is -0.870. The highest BCUT2D eigenvalue weighted by atomic mass is 32.1. The molecule has 2 rings (SSSR count). The SMILES string of the molecule is CN1CCC(CN(C)c2csc(C=O)c2)C1. The maximum Gasteiger partial charge on any atom is 0.160 e. The van der Waals surface area contributed by atoms with Gasteiger partial charge in [0.1, 0.15) is 0 Å². The van der Waals surface area contributed by atoms with Gasteiger partial charge >= 0.3 is 0 Å². The van der Waals surface area contributed by atoms with Gasteiger partial charge in [-0.15, -0.1) is 11.3 Å². The quantitative estimate of drug-likeness (QED) is 0.749. The lowest BCUT2D eigenvalue weighted by Gasteiger charge is -2.21. The average molecular weight is 238 g/mol. The molecule has 2 heterocycles. The molecule has 0 saturated carbocycles. The van der Waals surface area contributed by atoms with E-state index in [-0.39, 0.29) is 0 Å². The number of likely N-dealkylation sites (tertiary alicyclic amines) is 1. The highest BCUT2D eigenvalue weighted by Gasteiger charge is 2.21. The number of carbonyl (C=O) groups is 1. The summed E-state index contributed by atoms with van der Waals surface area (Å²) in [6.45, 7) is 3.48. The molecule has 0 amide bonds. The second-order valence-corrected chi connectivity index (χ2v) is 5.57. The molecule has 4 heteroatoms. The number of anilines is 1. The van der Waals surface area contributed by atoms with Gasteiger partial charge in [0.05, 0.1) is 4.88 Å². The van der Waals surface area contributed by atoms with Gasteiger partial charge < -0.3 is 9.80 Å². The van der Waals surface area contributed by atoms with E-state index in [1.165, 1.54) is 36.5 Å². The third-order valence-corrected chi connectivity index (χ3v) is 4.03. The van der Waals surface area contributed by atoms with Crippen LogP contribution in [0.1, 0.15) is 16.1 Å². The van der Waals surface area contributed by atoms with Crippen LogP contribution < -0.4 is 4.90 Å². The van der Waals surface area contributed by atoms with E-state index >= 15 is 0 Å². The largest absolute Gasteiger partial charge is 0.374 e. The summed E-state index contributed by atoms with van der Waals surface area (Å²) in [6, 6.07) is 1.97. The summed E-state index contributed by atoms with van der Waals surface area (Å²) < 4.78 is 0. The van der Waals surface area contributed by atoms with Crippen LogP contribution in [0.15, 0.2) is 11.4 Å². The van der Waals surface area contributed by atoms with Crippen molar-refractivity contribution in [1.82, 2.24) is 4.90 Å². The number of rotatable bonds is 4. The molecule has 1 aliphatic heterocycles. The van der Waals surface area contributed by atoms with Gasteiger partial charge in [0.15, 0.2) is 6.29 Å².